The highest BCUT2D eigenvalue weighted by atomic mass is 32.1. The fourth-order valence-corrected chi connectivity index (χ4v) is 3.18. The quantitative estimate of drug-likeness (QED) is 0.800. The van der Waals surface area contributed by atoms with Gasteiger partial charge in [-0.1, -0.05) is 6.92 Å². The van der Waals surface area contributed by atoms with E-state index in [1.54, 1.807) is 0 Å². The van der Waals surface area contributed by atoms with Crippen molar-refractivity contribution < 1.29 is 9.47 Å². The Morgan fingerprint density at radius 3 is 2.94 bits per heavy atom. The molecule has 0 radical (unpaired) electrons. The summed E-state index contributed by atoms with van der Waals surface area (Å²) in [6.07, 6.45) is 2.96. The average Bonchev–Trinajstić information content (AvgIpc) is 2.99. The number of piperidine rings is 1. The zero-order chi connectivity index (χ0) is 11.7. The van der Waals surface area contributed by atoms with Crippen LogP contribution in [0.2, 0.25) is 0 Å². The van der Waals surface area contributed by atoms with Crippen molar-refractivity contribution in [2.45, 2.75) is 32.0 Å². The highest BCUT2D eigenvalue weighted by Crippen LogP contribution is 2.33. The topological polar surface area (TPSA) is 47.5 Å². The molecule has 2 aliphatic heterocycles. The van der Waals surface area contributed by atoms with Crippen molar-refractivity contribution >= 4 is 16.7 Å². The minimum Gasteiger partial charge on any atom is -0.346 e. The second-order valence-electron chi connectivity index (χ2n) is 4.48. The Bertz CT molecular complexity index is 390. The molecule has 94 valence electrons. The van der Waals surface area contributed by atoms with Crippen LogP contribution in [0.15, 0.2) is 0 Å². The van der Waals surface area contributed by atoms with E-state index in [1.807, 2.05) is 0 Å². The molecule has 0 aliphatic carbocycles. The Hall–Kier alpha value is -0.720. The molecule has 3 heterocycles. The largest absolute Gasteiger partial charge is 0.346 e. The van der Waals surface area contributed by atoms with Crippen LogP contribution in [0.25, 0.3) is 0 Å². The van der Waals surface area contributed by atoms with Gasteiger partial charge in [0.05, 0.1) is 19.8 Å². The minimum atomic E-state index is -0.379. The van der Waals surface area contributed by atoms with Gasteiger partial charge in [0.1, 0.15) is 5.82 Å². The fourth-order valence-electron chi connectivity index (χ4n) is 2.40. The van der Waals surface area contributed by atoms with Gasteiger partial charge in [0.15, 0.2) is 5.79 Å². The van der Waals surface area contributed by atoms with E-state index in [9.17, 15) is 0 Å². The first-order valence-corrected chi connectivity index (χ1v) is 6.94. The Morgan fingerprint density at radius 2 is 2.24 bits per heavy atom. The summed E-state index contributed by atoms with van der Waals surface area (Å²) in [5, 5.41) is 1.00. The molecule has 3 rings (SSSR count). The third-order valence-electron chi connectivity index (χ3n) is 3.28. The van der Waals surface area contributed by atoms with E-state index < -0.39 is 0 Å². The molecule has 0 amide bonds. The van der Waals surface area contributed by atoms with Crippen molar-refractivity contribution in [3.05, 3.63) is 5.82 Å². The predicted octanol–water partition coefficient (Wildman–Crippen LogP) is 1.44. The molecule has 2 saturated heterocycles. The number of rotatable bonds is 2. The molecular formula is C11H17N3O2S. The average molecular weight is 255 g/mol. The van der Waals surface area contributed by atoms with E-state index >= 15 is 0 Å². The standard InChI is InChI=1S/C11H17N3O2S/c1-2-9-12-10(17-13-9)14-5-3-4-11(8-14)15-6-7-16-11/h2-8H2,1H3. The lowest BCUT2D eigenvalue weighted by Gasteiger charge is -2.38. The molecule has 0 aromatic carbocycles. The number of aryl methyl sites for hydroxylation is 1. The Kier molecular flexibility index (Phi) is 3.02. The first kappa shape index (κ1) is 11.4. The maximum absolute atomic E-state index is 5.76. The van der Waals surface area contributed by atoms with Gasteiger partial charge in [-0.2, -0.15) is 4.37 Å². The van der Waals surface area contributed by atoms with Crippen molar-refractivity contribution in [3.8, 4) is 0 Å². The Labute approximate surface area is 105 Å². The molecule has 6 heteroatoms. The number of aromatic nitrogens is 2. The second kappa shape index (κ2) is 4.51. The van der Waals surface area contributed by atoms with E-state index in [1.165, 1.54) is 11.5 Å². The third-order valence-corrected chi connectivity index (χ3v) is 4.09. The van der Waals surface area contributed by atoms with E-state index in [0.29, 0.717) is 13.2 Å². The number of ether oxygens (including phenoxy) is 2. The summed E-state index contributed by atoms with van der Waals surface area (Å²) in [4.78, 5) is 6.77. The summed E-state index contributed by atoms with van der Waals surface area (Å²) < 4.78 is 15.8. The first-order chi connectivity index (χ1) is 8.31. The van der Waals surface area contributed by atoms with Gasteiger partial charge in [0.2, 0.25) is 5.13 Å². The van der Waals surface area contributed by atoms with Gasteiger partial charge in [0, 0.05) is 30.9 Å². The number of hydrogen-bond donors (Lipinski definition) is 0. The summed E-state index contributed by atoms with van der Waals surface area (Å²) in [6, 6.07) is 0. The number of nitrogens with zero attached hydrogens (tertiary/aromatic N) is 3. The molecule has 17 heavy (non-hydrogen) atoms. The third kappa shape index (κ3) is 2.17. The van der Waals surface area contributed by atoms with Gasteiger partial charge in [-0.05, 0) is 6.42 Å². The van der Waals surface area contributed by atoms with Gasteiger partial charge < -0.3 is 14.4 Å². The van der Waals surface area contributed by atoms with Crippen LogP contribution in [-0.4, -0.2) is 41.4 Å². The Morgan fingerprint density at radius 1 is 1.41 bits per heavy atom. The molecule has 0 unspecified atom stereocenters. The maximum atomic E-state index is 5.76. The van der Waals surface area contributed by atoms with Crippen LogP contribution in [0.5, 0.6) is 0 Å². The highest BCUT2D eigenvalue weighted by Gasteiger charge is 2.41. The van der Waals surface area contributed by atoms with E-state index in [2.05, 4.69) is 21.2 Å². The van der Waals surface area contributed by atoms with Crippen molar-refractivity contribution in [1.29, 1.82) is 0 Å². The number of hydrogen-bond acceptors (Lipinski definition) is 6. The molecule has 0 bridgehead atoms. The normalized spacial score (nSPS) is 23.5. The minimum absolute atomic E-state index is 0.379. The van der Waals surface area contributed by atoms with Crippen LogP contribution < -0.4 is 4.90 Å². The molecule has 5 nitrogen and oxygen atoms in total. The molecule has 2 aliphatic rings. The monoisotopic (exact) mass is 255 g/mol. The molecule has 0 atom stereocenters. The lowest BCUT2D eigenvalue weighted by atomic mass is 10.1. The van der Waals surface area contributed by atoms with Crippen molar-refractivity contribution in [1.82, 2.24) is 9.36 Å². The van der Waals surface area contributed by atoms with Crippen LogP contribution in [0.3, 0.4) is 0 Å². The SMILES string of the molecule is CCc1nsc(N2CCCC3(C2)OCCO3)n1. The van der Waals surface area contributed by atoms with Crippen LogP contribution in [-0.2, 0) is 15.9 Å². The van der Waals surface area contributed by atoms with Gasteiger partial charge in [0.25, 0.3) is 0 Å². The molecule has 0 saturated carbocycles. The zero-order valence-corrected chi connectivity index (χ0v) is 10.8. The van der Waals surface area contributed by atoms with E-state index in [4.69, 9.17) is 9.47 Å². The Balaban J connectivity index is 1.74. The summed E-state index contributed by atoms with van der Waals surface area (Å²) in [7, 11) is 0. The lowest BCUT2D eigenvalue weighted by molar-refractivity contribution is -0.161. The van der Waals surface area contributed by atoms with E-state index in [-0.39, 0.29) is 5.79 Å². The number of anilines is 1. The lowest BCUT2D eigenvalue weighted by Crippen LogP contribution is -2.49. The predicted molar refractivity (Wildman–Crippen MR) is 65.4 cm³/mol. The van der Waals surface area contributed by atoms with Crippen molar-refractivity contribution in [3.63, 3.8) is 0 Å². The zero-order valence-electron chi connectivity index (χ0n) is 10.0. The van der Waals surface area contributed by atoms with Gasteiger partial charge in [-0.25, -0.2) is 4.98 Å². The van der Waals surface area contributed by atoms with Gasteiger partial charge in [-0.15, -0.1) is 0 Å². The van der Waals surface area contributed by atoms with Crippen molar-refractivity contribution in [2.75, 3.05) is 31.2 Å². The van der Waals surface area contributed by atoms with Gasteiger partial charge in [-0.3, -0.25) is 0 Å². The molecule has 1 spiro atoms. The smallest absolute Gasteiger partial charge is 0.205 e. The van der Waals surface area contributed by atoms with Crippen LogP contribution in [0, 0.1) is 0 Å². The summed E-state index contributed by atoms with van der Waals surface area (Å²) >= 11 is 1.48. The molecule has 1 aromatic rings. The molecular weight excluding hydrogens is 238 g/mol. The highest BCUT2D eigenvalue weighted by molar-refractivity contribution is 7.09. The summed E-state index contributed by atoms with van der Waals surface area (Å²) in [5.41, 5.74) is 0. The van der Waals surface area contributed by atoms with Gasteiger partial charge >= 0.3 is 0 Å². The summed E-state index contributed by atoms with van der Waals surface area (Å²) in [5.74, 6) is 0.550. The molecule has 2 fully saturated rings. The van der Waals surface area contributed by atoms with Crippen LogP contribution in [0.1, 0.15) is 25.6 Å². The first-order valence-electron chi connectivity index (χ1n) is 6.17. The van der Waals surface area contributed by atoms with E-state index in [0.717, 1.165) is 43.3 Å². The van der Waals surface area contributed by atoms with Crippen LogP contribution >= 0.6 is 11.5 Å². The summed E-state index contributed by atoms with van der Waals surface area (Å²) in [6.45, 7) is 5.30. The van der Waals surface area contributed by atoms with Crippen molar-refractivity contribution in [2.24, 2.45) is 0 Å². The fraction of sp³-hybridized carbons (Fsp3) is 0.818. The second-order valence-corrected chi connectivity index (χ2v) is 5.21. The molecule has 1 aromatic heterocycles. The molecule has 0 N–H and O–H groups in total. The van der Waals surface area contributed by atoms with Crippen LogP contribution in [0.4, 0.5) is 5.13 Å². The maximum Gasteiger partial charge on any atom is 0.205 e.